The largest absolute Gasteiger partial charge is 0.478 e. The third-order valence-corrected chi connectivity index (χ3v) is 3.54. The van der Waals surface area contributed by atoms with Crippen molar-refractivity contribution in [2.24, 2.45) is 0 Å². The fourth-order valence-corrected chi connectivity index (χ4v) is 2.25. The molecule has 21 heavy (non-hydrogen) atoms. The molecule has 110 valence electrons. The topological polar surface area (TPSA) is 69.6 Å². The maximum atomic E-state index is 11.3. The van der Waals surface area contributed by atoms with Crippen LogP contribution in [0.15, 0.2) is 48.5 Å². The second-order valence-electron chi connectivity index (χ2n) is 5.34. The summed E-state index contributed by atoms with van der Waals surface area (Å²) in [6.07, 6.45) is 0. The molecule has 0 aromatic heterocycles. The molecule has 0 bridgehead atoms. The summed E-state index contributed by atoms with van der Waals surface area (Å²) in [4.78, 5) is 11.3. The zero-order valence-corrected chi connectivity index (χ0v) is 12.1. The van der Waals surface area contributed by atoms with Crippen molar-refractivity contribution in [3.05, 3.63) is 65.2 Å². The minimum atomic E-state index is -0.995. The van der Waals surface area contributed by atoms with Crippen molar-refractivity contribution in [3.8, 4) is 0 Å². The van der Waals surface area contributed by atoms with Gasteiger partial charge in [-0.2, -0.15) is 0 Å². The van der Waals surface area contributed by atoms with E-state index in [0.717, 1.165) is 11.1 Å². The van der Waals surface area contributed by atoms with Crippen molar-refractivity contribution >= 4 is 11.7 Å². The van der Waals surface area contributed by atoms with Gasteiger partial charge in [-0.25, -0.2) is 4.79 Å². The fraction of sp³-hybridized carbons (Fsp3) is 0.235. The molecule has 0 spiro atoms. The molecule has 2 aromatic carbocycles. The summed E-state index contributed by atoms with van der Waals surface area (Å²) in [6.45, 7) is 3.59. The number of hydrogen-bond donors (Lipinski definition) is 3. The number of anilines is 1. The van der Waals surface area contributed by atoms with E-state index in [0.29, 0.717) is 5.69 Å². The summed E-state index contributed by atoms with van der Waals surface area (Å²) < 4.78 is 0. The van der Waals surface area contributed by atoms with E-state index in [2.05, 4.69) is 5.32 Å². The van der Waals surface area contributed by atoms with Crippen LogP contribution >= 0.6 is 0 Å². The molecule has 2 aromatic rings. The molecule has 0 radical (unpaired) electrons. The molecule has 3 N–H and O–H groups in total. The van der Waals surface area contributed by atoms with Crippen LogP contribution in [0.3, 0.4) is 0 Å². The van der Waals surface area contributed by atoms with Crippen molar-refractivity contribution < 1.29 is 15.0 Å². The number of hydrogen-bond acceptors (Lipinski definition) is 3. The van der Waals surface area contributed by atoms with E-state index in [1.54, 1.807) is 18.2 Å². The lowest BCUT2D eigenvalue weighted by Gasteiger charge is -2.31. The van der Waals surface area contributed by atoms with E-state index >= 15 is 0 Å². The SMILES string of the molecule is Cc1ccc(C(=O)O)c(NC(C)(CO)c2ccccc2)c1. The molecule has 0 fully saturated rings. The molecule has 0 amide bonds. The Balaban J connectivity index is 2.44. The van der Waals surface area contributed by atoms with Gasteiger partial charge in [-0.1, -0.05) is 36.4 Å². The monoisotopic (exact) mass is 285 g/mol. The van der Waals surface area contributed by atoms with E-state index < -0.39 is 11.5 Å². The average Bonchev–Trinajstić information content (AvgIpc) is 2.47. The Labute approximate surface area is 124 Å². The molecule has 0 aliphatic carbocycles. The number of nitrogens with one attached hydrogen (secondary N) is 1. The number of aliphatic hydroxyl groups excluding tert-OH is 1. The minimum absolute atomic E-state index is 0.149. The van der Waals surface area contributed by atoms with Crippen molar-refractivity contribution in [1.29, 1.82) is 0 Å². The maximum absolute atomic E-state index is 11.3. The molecule has 0 aliphatic heterocycles. The van der Waals surface area contributed by atoms with Gasteiger partial charge in [0.1, 0.15) is 0 Å². The van der Waals surface area contributed by atoms with Crippen LogP contribution in [0.5, 0.6) is 0 Å². The summed E-state index contributed by atoms with van der Waals surface area (Å²) in [7, 11) is 0. The van der Waals surface area contributed by atoms with Crippen molar-refractivity contribution in [3.63, 3.8) is 0 Å². The Hall–Kier alpha value is -2.33. The predicted molar refractivity (Wildman–Crippen MR) is 82.6 cm³/mol. The molecule has 1 unspecified atom stereocenters. The lowest BCUT2D eigenvalue weighted by molar-refractivity contribution is 0.0697. The lowest BCUT2D eigenvalue weighted by atomic mass is 9.92. The van der Waals surface area contributed by atoms with Gasteiger partial charge in [0, 0.05) is 5.69 Å². The van der Waals surface area contributed by atoms with Gasteiger partial charge in [-0.05, 0) is 37.1 Å². The number of rotatable bonds is 5. The van der Waals surface area contributed by atoms with E-state index in [-0.39, 0.29) is 12.2 Å². The smallest absolute Gasteiger partial charge is 0.337 e. The second-order valence-corrected chi connectivity index (χ2v) is 5.34. The molecule has 2 rings (SSSR count). The average molecular weight is 285 g/mol. The van der Waals surface area contributed by atoms with Gasteiger partial charge in [0.25, 0.3) is 0 Å². The number of benzene rings is 2. The molecular weight excluding hydrogens is 266 g/mol. The van der Waals surface area contributed by atoms with Gasteiger partial charge in [0.15, 0.2) is 0 Å². The van der Waals surface area contributed by atoms with Crippen LogP contribution < -0.4 is 5.32 Å². The van der Waals surface area contributed by atoms with Gasteiger partial charge < -0.3 is 15.5 Å². The van der Waals surface area contributed by atoms with Crippen LogP contribution in [0.25, 0.3) is 0 Å². The van der Waals surface area contributed by atoms with Gasteiger partial charge >= 0.3 is 5.97 Å². The molecule has 4 heteroatoms. The number of aliphatic hydroxyl groups is 1. The molecule has 1 atom stereocenters. The Morgan fingerprint density at radius 1 is 1.19 bits per heavy atom. The van der Waals surface area contributed by atoms with E-state index in [9.17, 15) is 15.0 Å². The zero-order chi connectivity index (χ0) is 15.5. The fourth-order valence-electron chi connectivity index (χ4n) is 2.25. The Morgan fingerprint density at radius 3 is 2.43 bits per heavy atom. The standard InChI is InChI=1S/C17H19NO3/c1-12-8-9-14(16(20)21)15(10-12)18-17(2,11-19)13-6-4-3-5-7-13/h3-10,18-19H,11H2,1-2H3,(H,20,21). The van der Waals surface area contributed by atoms with E-state index in [1.807, 2.05) is 44.2 Å². The van der Waals surface area contributed by atoms with Crippen LogP contribution in [0.2, 0.25) is 0 Å². The first-order valence-electron chi connectivity index (χ1n) is 6.75. The number of aromatic carboxylic acids is 1. The third kappa shape index (κ3) is 3.23. The number of carboxylic acids is 1. The van der Waals surface area contributed by atoms with Crippen molar-refractivity contribution in [1.82, 2.24) is 0 Å². The maximum Gasteiger partial charge on any atom is 0.337 e. The molecule has 0 saturated heterocycles. The Morgan fingerprint density at radius 2 is 1.86 bits per heavy atom. The molecule has 4 nitrogen and oxygen atoms in total. The number of aryl methyl sites for hydroxylation is 1. The first kappa shape index (κ1) is 15.1. The summed E-state index contributed by atoms with van der Waals surface area (Å²) in [6, 6.07) is 14.6. The second kappa shape index (κ2) is 5.97. The molecule has 0 heterocycles. The lowest BCUT2D eigenvalue weighted by Crippen LogP contribution is -2.36. The highest BCUT2D eigenvalue weighted by molar-refractivity contribution is 5.94. The highest BCUT2D eigenvalue weighted by Gasteiger charge is 2.27. The highest BCUT2D eigenvalue weighted by Crippen LogP contribution is 2.28. The number of carboxylic acid groups (broad SMARTS) is 1. The highest BCUT2D eigenvalue weighted by atomic mass is 16.4. The summed E-state index contributed by atoms with van der Waals surface area (Å²) in [5.74, 6) is -0.995. The minimum Gasteiger partial charge on any atom is -0.478 e. The molecular formula is C17H19NO3. The quantitative estimate of drug-likeness (QED) is 0.790. The zero-order valence-electron chi connectivity index (χ0n) is 12.1. The van der Waals surface area contributed by atoms with Crippen LogP contribution in [0.4, 0.5) is 5.69 Å². The summed E-state index contributed by atoms with van der Waals surface area (Å²) >= 11 is 0. The van der Waals surface area contributed by atoms with Crippen LogP contribution in [-0.2, 0) is 5.54 Å². The van der Waals surface area contributed by atoms with Crippen LogP contribution in [-0.4, -0.2) is 22.8 Å². The normalized spacial score (nSPS) is 13.5. The Bertz CT molecular complexity index is 640. The first-order valence-corrected chi connectivity index (χ1v) is 6.75. The molecule has 0 saturated carbocycles. The molecule has 0 aliphatic rings. The van der Waals surface area contributed by atoms with E-state index in [4.69, 9.17) is 0 Å². The van der Waals surface area contributed by atoms with Crippen molar-refractivity contribution in [2.75, 3.05) is 11.9 Å². The van der Waals surface area contributed by atoms with Gasteiger partial charge in [-0.3, -0.25) is 0 Å². The van der Waals surface area contributed by atoms with Gasteiger partial charge in [-0.15, -0.1) is 0 Å². The van der Waals surface area contributed by atoms with Gasteiger partial charge in [0.2, 0.25) is 0 Å². The third-order valence-electron chi connectivity index (χ3n) is 3.54. The summed E-state index contributed by atoms with van der Waals surface area (Å²) in [5, 5.41) is 22.3. The Kier molecular flexibility index (Phi) is 4.29. The van der Waals surface area contributed by atoms with Crippen LogP contribution in [0.1, 0.15) is 28.4 Å². The van der Waals surface area contributed by atoms with Gasteiger partial charge in [0.05, 0.1) is 17.7 Å². The predicted octanol–water partition coefficient (Wildman–Crippen LogP) is 3.01. The first-order chi connectivity index (χ1) is 9.96. The van der Waals surface area contributed by atoms with Crippen molar-refractivity contribution in [2.45, 2.75) is 19.4 Å². The van der Waals surface area contributed by atoms with Crippen LogP contribution in [0, 0.1) is 6.92 Å². The number of carbonyl (C=O) groups is 1. The van der Waals surface area contributed by atoms with E-state index in [1.165, 1.54) is 0 Å². The summed E-state index contributed by atoms with van der Waals surface area (Å²) in [5.41, 5.74) is 1.79.